The monoisotopic (exact) mass is 375 g/mol. The van der Waals surface area contributed by atoms with E-state index in [1.54, 1.807) is 18.4 Å². The quantitative estimate of drug-likeness (QED) is 0.597. The fourth-order valence-corrected chi connectivity index (χ4v) is 3.05. The van der Waals surface area contributed by atoms with Gasteiger partial charge >= 0.3 is 0 Å². The number of ether oxygens (including phenoxy) is 2. The van der Waals surface area contributed by atoms with E-state index in [4.69, 9.17) is 9.47 Å². The first-order chi connectivity index (χ1) is 11.8. The molecule has 132 valence electrons. The Morgan fingerprint density at radius 1 is 0.880 bits per heavy atom. The lowest BCUT2D eigenvalue weighted by Gasteiger charge is -2.12. The predicted molar refractivity (Wildman–Crippen MR) is 106 cm³/mol. The highest BCUT2D eigenvalue weighted by Gasteiger charge is 2.06. The van der Waals surface area contributed by atoms with Gasteiger partial charge in [-0.25, -0.2) is 0 Å². The average Bonchev–Trinajstić information content (AvgIpc) is 3.15. The van der Waals surface area contributed by atoms with Gasteiger partial charge in [0.05, 0.1) is 7.11 Å². The minimum atomic E-state index is 0. The number of nitrogens with one attached hydrogen (secondary N) is 1. The van der Waals surface area contributed by atoms with Crippen LogP contribution in [0.5, 0.6) is 11.5 Å². The second kappa shape index (κ2) is 10.1. The molecule has 1 aromatic heterocycles. The van der Waals surface area contributed by atoms with Crippen LogP contribution < -0.4 is 14.8 Å². The van der Waals surface area contributed by atoms with E-state index in [-0.39, 0.29) is 12.4 Å². The molecule has 25 heavy (non-hydrogen) atoms. The van der Waals surface area contributed by atoms with E-state index in [0.717, 1.165) is 24.6 Å². The number of methoxy groups -OCH3 is 1. The van der Waals surface area contributed by atoms with Gasteiger partial charge in [0.15, 0.2) is 11.5 Å². The molecule has 3 aromatic rings. The Balaban J connectivity index is 0.00000225. The molecule has 5 heteroatoms. The smallest absolute Gasteiger partial charge is 0.161 e. The summed E-state index contributed by atoms with van der Waals surface area (Å²) >= 11 is 1.69. The molecular weight excluding hydrogens is 354 g/mol. The molecule has 0 unspecified atom stereocenters. The lowest BCUT2D eigenvalue weighted by atomic mass is 10.2. The molecule has 0 saturated heterocycles. The largest absolute Gasteiger partial charge is 0.493 e. The molecule has 3 rings (SSSR count). The summed E-state index contributed by atoms with van der Waals surface area (Å²) in [7, 11) is 1.68. The van der Waals surface area contributed by atoms with Gasteiger partial charge in [0.25, 0.3) is 0 Å². The Morgan fingerprint density at radius 3 is 2.40 bits per heavy atom. The highest BCUT2D eigenvalue weighted by molar-refractivity contribution is 7.09. The van der Waals surface area contributed by atoms with Crippen molar-refractivity contribution in [3.05, 3.63) is 82.0 Å². The second-order valence-electron chi connectivity index (χ2n) is 5.44. The van der Waals surface area contributed by atoms with Gasteiger partial charge in [-0.1, -0.05) is 42.5 Å². The fourth-order valence-electron chi connectivity index (χ4n) is 2.43. The molecule has 1 heterocycles. The lowest BCUT2D eigenvalue weighted by molar-refractivity contribution is 0.287. The average molecular weight is 376 g/mol. The molecule has 0 fully saturated rings. The highest BCUT2D eigenvalue weighted by atomic mass is 35.5. The van der Waals surface area contributed by atoms with E-state index in [1.807, 2.05) is 24.3 Å². The summed E-state index contributed by atoms with van der Waals surface area (Å²) in [5.74, 6) is 1.54. The van der Waals surface area contributed by atoms with Crippen molar-refractivity contribution in [2.75, 3.05) is 7.11 Å². The molecule has 0 saturated carbocycles. The lowest BCUT2D eigenvalue weighted by Crippen LogP contribution is -2.12. The highest BCUT2D eigenvalue weighted by Crippen LogP contribution is 2.29. The number of halogens is 1. The summed E-state index contributed by atoms with van der Waals surface area (Å²) in [5.41, 5.74) is 2.45. The topological polar surface area (TPSA) is 30.5 Å². The summed E-state index contributed by atoms with van der Waals surface area (Å²) < 4.78 is 11.3. The zero-order valence-corrected chi connectivity index (χ0v) is 15.7. The van der Waals surface area contributed by atoms with Crippen LogP contribution in [0.4, 0.5) is 0 Å². The van der Waals surface area contributed by atoms with E-state index in [9.17, 15) is 0 Å². The van der Waals surface area contributed by atoms with Crippen LogP contribution in [0, 0.1) is 0 Å². The molecule has 0 aliphatic rings. The molecule has 0 aliphatic heterocycles. The van der Waals surface area contributed by atoms with Crippen molar-refractivity contribution < 1.29 is 9.47 Å². The first kappa shape index (κ1) is 19.3. The van der Waals surface area contributed by atoms with Crippen molar-refractivity contribution in [2.45, 2.75) is 19.7 Å². The van der Waals surface area contributed by atoms with Crippen molar-refractivity contribution in [1.82, 2.24) is 5.32 Å². The minimum Gasteiger partial charge on any atom is -0.493 e. The molecule has 0 radical (unpaired) electrons. The minimum absolute atomic E-state index is 0. The van der Waals surface area contributed by atoms with Crippen molar-refractivity contribution >= 4 is 23.7 Å². The number of hydrogen-bond acceptors (Lipinski definition) is 4. The maximum atomic E-state index is 5.87. The van der Waals surface area contributed by atoms with Gasteiger partial charge < -0.3 is 14.8 Å². The Hall–Kier alpha value is -2.01. The van der Waals surface area contributed by atoms with Crippen LogP contribution in [-0.2, 0) is 19.7 Å². The number of thiophene rings is 1. The molecule has 0 aliphatic carbocycles. The van der Waals surface area contributed by atoms with Crippen LogP contribution in [0.2, 0.25) is 0 Å². The van der Waals surface area contributed by atoms with E-state index >= 15 is 0 Å². The molecule has 1 N–H and O–H groups in total. The van der Waals surface area contributed by atoms with Crippen LogP contribution in [0.3, 0.4) is 0 Å². The van der Waals surface area contributed by atoms with Gasteiger partial charge in [0.1, 0.15) is 6.61 Å². The number of benzene rings is 2. The fraction of sp³-hybridized carbons (Fsp3) is 0.200. The van der Waals surface area contributed by atoms with Gasteiger partial charge in [-0.05, 0) is 34.7 Å². The molecule has 0 atom stereocenters. The van der Waals surface area contributed by atoms with Crippen LogP contribution in [0.1, 0.15) is 16.0 Å². The van der Waals surface area contributed by atoms with Gasteiger partial charge in [0.2, 0.25) is 0 Å². The Morgan fingerprint density at radius 2 is 1.68 bits per heavy atom. The third-order valence-corrected chi connectivity index (χ3v) is 4.53. The van der Waals surface area contributed by atoms with Crippen LogP contribution >= 0.6 is 23.7 Å². The maximum absolute atomic E-state index is 5.87. The van der Waals surface area contributed by atoms with E-state index in [2.05, 4.69) is 47.1 Å². The summed E-state index contributed by atoms with van der Waals surface area (Å²) in [6.07, 6.45) is 0. The zero-order valence-electron chi connectivity index (χ0n) is 14.1. The predicted octanol–water partition coefficient (Wildman–Crippen LogP) is 5.05. The Kier molecular flexibility index (Phi) is 7.79. The summed E-state index contributed by atoms with van der Waals surface area (Å²) in [6.45, 7) is 2.20. The SMILES string of the molecule is COc1cc(CNCc2ccccc2)ccc1OCc1cccs1.Cl. The molecular formula is C20H22ClNO2S. The van der Waals surface area contributed by atoms with Gasteiger partial charge in [0, 0.05) is 18.0 Å². The molecule has 3 nitrogen and oxygen atoms in total. The van der Waals surface area contributed by atoms with Gasteiger partial charge in [-0.3, -0.25) is 0 Å². The first-order valence-corrected chi connectivity index (χ1v) is 8.80. The van der Waals surface area contributed by atoms with E-state index < -0.39 is 0 Å². The Labute approximate surface area is 159 Å². The summed E-state index contributed by atoms with van der Waals surface area (Å²) in [4.78, 5) is 1.20. The van der Waals surface area contributed by atoms with E-state index in [1.165, 1.54) is 16.0 Å². The van der Waals surface area contributed by atoms with Crippen molar-refractivity contribution in [2.24, 2.45) is 0 Å². The van der Waals surface area contributed by atoms with E-state index in [0.29, 0.717) is 6.61 Å². The third kappa shape index (κ3) is 5.78. The van der Waals surface area contributed by atoms with Crippen molar-refractivity contribution in [3.8, 4) is 11.5 Å². The standard InChI is InChI=1S/C20H21NO2S.ClH/c1-22-20-12-17(14-21-13-16-6-3-2-4-7-16)9-10-19(20)23-15-18-8-5-11-24-18;/h2-12,21H,13-15H2,1H3;1H. The first-order valence-electron chi connectivity index (χ1n) is 7.92. The molecule has 0 spiro atoms. The molecule has 0 amide bonds. The van der Waals surface area contributed by atoms with Crippen molar-refractivity contribution in [1.29, 1.82) is 0 Å². The maximum Gasteiger partial charge on any atom is 0.161 e. The summed E-state index contributed by atoms with van der Waals surface area (Å²) in [6, 6.07) is 20.6. The van der Waals surface area contributed by atoms with Gasteiger partial charge in [-0.15, -0.1) is 23.7 Å². The zero-order chi connectivity index (χ0) is 16.6. The number of hydrogen-bond donors (Lipinski definition) is 1. The number of rotatable bonds is 8. The second-order valence-corrected chi connectivity index (χ2v) is 6.47. The summed E-state index contributed by atoms with van der Waals surface area (Å²) in [5, 5.41) is 5.50. The van der Waals surface area contributed by atoms with Gasteiger partial charge in [-0.2, -0.15) is 0 Å². The van der Waals surface area contributed by atoms with Crippen LogP contribution in [0.25, 0.3) is 0 Å². The van der Waals surface area contributed by atoms with Crippen LogP contribution in [0.15, 0.2) is 66.0 Å². The van der Waals surface area contributed by atoms with Crippen molar-refractivity contribution in [3.63, 3.8) is 0 Å². The normalized spacial score (nSPS) is 10.1. The molecule has 2 aromatic carbocycles. The van der Waals surface area contributed by atoms with Crippen LogP contribution in [-0.4, -0.2) is 7.11 Å². The third-order valence-electron chi connectivity index (χ3n) is 3.68. The molecule has 0 bridgehead atoms. The Bertz CT molecular complexity index is 748.